The summed E-state index contributed by atoms with van der Waals surface area (Å²) in [5.74, 6) is -0.126. The zero-order valence-electron chi connectivity index (χ0n) is 9.10. The molecule has 0 aromatic carbocycles. The van der Waals surface area contributed by atoms with Crippen LogP contribution in [0.4, 0.5) is 0 Å². The van der Waals surface area contributed by atoms with Crippen molar-refractivity contribution >= 4 is 18.2 Å². The van der Waals surface area contributed by atoms with E-state index in [0.29, 0.717) is 10.1 Å². The maximum atomic E-state index is 12.0. The number of nitrogens with zero attached hydrogens (tertiary/aromatic N) is 1. The molecule has 0 unspecified atom stereocenters. The SMILES string of the molecule is CC12CC(C(=O)On3ccccc3=S)(C1)C2. The third-order valence-corrected chi connectivity index (χ3v) is 4.01. The predicted octanol–water partition coefficient (Wildman–Crippen LogP) is 2.36. The second kappa shape index (κ2) is 2.94. The first-order valence-corrected chi connectivity index (χ1v) is 5.84. The van der Waals surface area contributed by atoms with E-state index in [4.69, 9.17) is 17.1 Å². The standard InChI is InChI=1S/C12H13NO2S/c1-11-6-12(7-11,8-11)10(14)15-13-5-3-2-4-9(13)16/h2-5H,6-8H2,1H3. The van der Waals surface area contributed by atoms with Gasteiger partial charge in [0.25, 0.3) is 0 Å². The van der Waals surface area contributed by atoms with Crippen LogP contribution in [0.2, 0.25) is 0 Å². The zero-order valence-corrected chi connectivity index (χ0v) is 9.92. The van der Waals surface area contributed by atoms with Crippen molar-refractivity contribution in [3.05, 3.63) is 29.0 Å². The summed E-state index contributed by atoms with van der Waals surface area (Å²) in [4.78, 5) is 17.3. The maximum absolute atomic E-state index is 12.0. The van der Waals surface area contributed by atoms with Crippen LogP contribution in [-0.4, -0.2) is 10.7 Å². The van der Waals surface area contributed by atoms with Crippen LogP contribution in [0, 0.1) is 15.5 Å². The van der Waals surface area contributed by atoms with Crippen molar-refractivity contribution in [3.63, 3.8) is 0 Å². The molecule has 0 aliphatic heterocycles. The molecule has 0 atom stereocenters. The Balaban J connectivity index is 1.75. The number of hydrogen-bond acceptors (Lipinski definition) is 3. The summed E-state index contributed by atoms with van der Waals surface area (Å²) in [6.45, 7) is 2.22. The van der Waals surface area contributed by atoms with E-state index in [-0.39, 0.29) is 11.4 Å². The van der Waals surface area contributed by atoms with Crippen LogP contribution in [0.15, 0.2) is 24.4 Å². The molecule has 1 heterocycles. The van der Waals surface area contributed by atoms with Gasteiger partial charge >= 0.3 is 5.97 Å². The van der Waals surface area contributed by atoms with Gasteiger partial charge in [0, 0.05) is 6.20 Å². The lowest BCUT2D eigenvalue weighted by molar-refractivity contribution is -0.221. The van der Waals surface area contributed by atoms with Crippen molar-refractivity contribution in [2.75, 3.05) is 0 Å². The largest absolute Gasteiger partial charge is 0.339 e. The van der Waals surface area contributed by atoms with Gasteiger partial charge in [-0.15, -0.1) is 0 Å². The average molecular weight is 235 g/mol. The molecular weight excluding hydrogens is 222 g/mol. The summed E-state index contributed by atoms with van der Waals surface area (Å²) in [7, 11) is 0. The van der Waals surface area contributed by atoms with Gasteiger partial charge in [0.2, 0.25) is 0 Å². The highest BCUT2D eigenvalue weighted by Crippen LogP contribution is 2.73. The molecule has 84 valence electrons. The lowest BCUT2D eigenvalue weighted by Gasteiger charge is -2.67. The summed E-state index contributed by atoms with van der Waals surface area (Å²) in [5.41, 5.74) is 0.219. The van der Waals surface area contributed by atoms with E-state index in [9.17, 15) is 4.79 Å². The number of carbonyl (C=O) groups excluding carboxylic acids is 1. The van der Waals surface area contributed by atoms with Crippen molar-refractivity contribution in [2.24, 2.45) is 10.8 Å². The van der Waals surface area contributed by atoms with Gasteiger partial charge in [0.15, 0.2) is 0 Å². The van der Waals surface area contributed by atoms with E-state index in [1.807, 2.05) is 6.07 Å². The van der Waals surface area contributed by atoms with E-state index in [0.717, 1.165) is 19.3 Å². The van der Waals surface area contributed by atoms with Crippen LogP contribution in [0.3, 0.4) is 0 Å². The lowest BCUT2D eigenvalue weighted by atomic mass is 9.36. The van der Waals surface area contributed by atoms with Crippen LogP contribution in [0.1, 0.15) is 26.2 Å². The van der Waals surface area contributed by atoms with Gasteiger partial charge in [-0.2, -0.15) is 4.73 Å². The molecule has 3 fully saturated rings. The molecule has 3 nitrogen and oxygen atoms in total. The van der Waals surface area contributed by atoms with Crippen molar-refractivity contribution < 1.29 is 9.63 Å². The average Bonchev–Trinajstić information content (AvgIpc) is 2.15. The molecular formula is C12H13NO2S. The molecule has 3 aliphatic carbocycles. The van der Waals surface area contributed by atoms with E-state index in [2.05, 4.69) is 6.92 Å². The van der Waals surface area contributed by atoms with Crippen LogP contribution < -0.4 is 4.84 Å². The van der Waals surface area contributed by atoms with E-state index < -0.39 is 0 Å². The highest BCUT2D eigenvalue weighted by molar-refractivity contribution is 7.71. The van der Waals surface area contributed by atoms with E-state index in [1.54, 1.807) is 18.3 Å². The first-order chi connectivity index (χ1) is 7.53. The fourth-order valence-corrected chi connectivity index (χ4v) is 3.36. The van der Waals surface area contributed by atoms with Gasteiger partial charge in [0.05, 0.1) is 5.41 Å². The van der Waals surface area contributed by atoms with Crippen molar-refractivity contribution in [2.45, 2.75) is 26.2 Å². The predicted molar refractivity (Wildman–Crippen MR) is 61.2 cm³/mol. The topological polar surface area (TPSA) is 31.2 Å². The number of pyridine rings is 1. The Labute approximate surface area is 99.0 Å². The molecule has 0 spiro atoms. The van der Waals surface area contributed by atoms with Crippen LogP contribution in [-0.2, 0) is 4.79 Å². The summed E-state index contributed by atoms with van der Waals surface area (Å²) in [6, 6.07) is 5.37. The second-order valence-corrected chi connectivity index (χ2v) is 5.78. The molecule has 0 N–H and O–H groups in total. The quantitative estimate of drug-likeness (QED) is 0.737. The van der Waals surface area contributed by atoms with Crippen molar-refractivity contribution in [1.29, 1.82) is 0 Å². The molecule has 3 aliphatic rings. The van der Waals surface area contributed by atoms with Crippen molar-refractivity contribution in [3.8, 4) is 0 Å². The summed E-state index contributed by atoms with van der Waals surface area (Å²) < 4.78 is 1.90. The maximum Gasteiger partial charge on any atom is 0.339 e. The Bertz CT molecular complexity index is 500. The second-order valence-electron chi connectivity index (χ2n) is 5.36. The Morgan fingerprint density at radius 2 is 2.12 bits per heavy atom. The minimum absolute atomic E-state index is 0.126. The molecule has 4 heteroatoms. The van der Waals surface area contributed by atoms with Crippen LogP contribution in [0.25, 0.3) is 0 Å². The smallest absolute Gasteiger partial charge is 0.335 e. The summed E-state index contributed by atoms with van der Waals surface area (Å²) >= 11 is 5.07. The van der Waals surface area contributed by atoms with Gasteiger partial charge in [-0.05, 0) is 36.8 Å². The third-order valence-electron chi connectivity index (χ3n) is 3.70. The molecule has 1 aromatic rings. The highest BCUT2D eigenvalue weighted by atomic mass is 32.1. The van der Waals surface area contributed by atoms with Crippen LogP contribution in [0.5, 0.6) is 0 Å². The summed E-state index contributed by atoms with van der Waals surface area (Å²) in [5, 5.41) is 0. The third kappa shape index (κ3) is 1.26. The minimum Gasteiger partial charge on any atom is -0.335 e. The molecule has 3 saturated carbocycles. The molecule has 0 saturated heterocycles. The van der Waals surface area contributed by atoms with Gasteiger partial charge in [-0.3, -0.25) is 0 Å². The monoisotopic (exact) mass is 235 g/mol. The Morgan fingerprint density at radius 1 is 1.44 bits per heavy atom. The highest BCUT2D eigenvalue weighted by Gasteiger charge is 2.70. The molecule has 0 radical (unpaired) electrons. The van der Waals surface area contributed by atoms with Crippen LogP contribution >= 0.6 is 12.2 Å². The minimum atomic E-state index is -0.195. The normalized spacial score (nSPS) is 34.8. The van der Waals surface area contributed by atoms with Crippen molar-refractivity contribution in [1.82, 2.24) is 4.73 Å². The number of aromatic nitrogens is 1. The molecule has 4 rings (SSSR count). The molecule has 16 heavy (non-hydrogen) atoms. The Morgan fingerprint density at radius 3 is 2.69 bits per heavy atom. The van der Waals surface area contributed by atoms with Gasteiger partial charge in [0.1, 0.15) is 4.64 Å². The zero-order chi connectivity index (χ0) is 11.4. The lowest BCUT2D eigenvalue weighted by Crippen LogP contribution is -2.65. The first-order valence-electron chi connectivity index (χ1n) is 5.44. The van der Waals surface area contributed by atoms with E-state index >= 15 is 0 Å². The Kier molecular flexibility index (Phi) is 1.84. The number of carbonyl (C=O) groups is 1. The number of rotatable bonds is 2. The molecule has 2 bridgehead atoms. The fraction of sp³-hybridized carbons (Fsp3) is 0.500. The summed E-state index contributed by atoms with van der Waals surface area (Å²) in [6.07, 6.45) is 4.59. The first kappa shape index (κ1) is 10.0. The fourth-order valence-electron chi connectivity index (χ4n) is 3.19. The Hall–Kier alpha value is -1.16. The van der Waals surface area contributed by atoms with Gasteiger partial charge < -0.3 is 4.84 Å². The molecule has 0 amide bonds. The molecule has 1 aromatic heterocycles. The van der Waals surface area contributed by atoms with E-state index in [1.165, 1.54) is 4.73 Å². The van der Waals surface area contributed by atoms with Gasteiger partial charge in [-0.25, -0.2) is 4.79 Å². The van der Waals surface area contributed by atoms with Gasteiger partial charge in [-0.1, -0.05) is 25.2 Å². The number of hydrogen-bond donors (Lipinski definition) is 0.